The molecule has 1 aliphatic rings. The summed E-state index contributed by atoms with van der Waals surface area (Å²) in [5.74, 6) is 0. The lowest BCUT2D eigenvalue weighted by molar-refractivity contribution is 0.327. The highest BCUT2D eigenvalue weighted by Crippen LogP contribution is 2.40. The van der Waals surface area contributed by atoms with E-state index in [2.05, 4.69) is 28.1 Å². The van der Waals surface area contributed by atoms with E-state index in [1.165, 1.54) is 37.7 Å². The molecule has 0 atom stereocenters. The monoisotopic (exact) mass is 286 g/mol. The molecule has 2 heteroatoms. The summed E-state index contributed by atoms with van der Waals surface area (Å²) in [7, 11) is 0. The predicted octanol–water partition coefficient (Wildman–Crippen LogP) is 4.94. The molecule has 0 nitrogen and oxygen atoms in total. The van der Waals surface area contributed by atoms with Crippen molar-refractivity contribution in [3.63, 3.8) is 0 Å². The SMILES string of the molecule is Clc1ccc(C2(CBr)CCCCC2)cc1. The van der Waals surface area contributed by atoms with Crippen LogP contribution in [0.1, 0.15) is 37.7 Å². The van der Waals surface area contributed by atoms with Gasteiger partial charge in [0.05, 0.1) is 0 Å². The van der Waals surface area contributed by atoms with Crippen LogP contribution in [0.5, 0.6) is 0 Å². The zero-order valence-corrected chi connectivity index (χ0v) is 11.1. The van der Waals surface area contributed by atoms with Gasteiger partial charge in [-0.1, -0.05) is 58.9 Å². The van der Waals surface area contributed by atoms with E-state index in [1.807, 2.05) is 12.1 Å². The van der Waals surface area contributed by atoms with Gasteiger partial charge in [0, 0.05) is 15.8 Å². The fourth-order valence-electron chi connectivity index (χ4n) is 2.53. The second-order valence-electron chi connectivity index (χ2n) is 4.48. The van der Waals surface area contributed by atoms with Crippen molar-refractivity contribution in [2.45, 2.75) is 37.5 Å². The Labute approximate surface area is 105 Å². The van der Waals surface area contributed by atoms with Crippen LogP contribution in [0.3, 0.4) is 0 Å². The molecule has 0 bridgehead atoms. The summed E-state index contributed by atoms with van der Waals surface area (Å²) in [4.78, 5) is 0. The molecule has 0 aliphatic heterocycles. The fraction of sp³-hybridized carbons (Fsp3) is 0.538. The van der Waals surface area contributed by atoms with Crippen molar-refractivity contribution in [1.82, 2.24) is 0 Å². The zero-order chi connectivity index (χ0) is 10.7. The second-order valence-corrected chi connectivity index (χ2v) is 5.48. The molecule has 82 valence electrons. The maximum Gasteiger partial charge on any atom is 0.0406 e. The van der Waals surface area contributed by atoms with E-state index in [4.69, 9.17) is 11.6 Å². The molecule has 1 fully saturated rings. The summed E-state index contributed by atoms with van der Waals surface area (Å²) in [5.41, 5.74) is 1.81. The molecule has 1 saturated carbocycles. The average Bonchev–Trinajstić information content (AvgIpc) is 2.31. The molecular formula is C13H16BrCl. The maximum absolute atomic E-state index is 5.93. The number of rotatable bonds is 2. The lowest BCUT2D eigenvalue weighted by Gasteiger charge is -2.36. The van der Waals surface area contributed by atoms with Crippen LogP contribution in [0.4, 0.5) is 0 Å². The number of alkyl halides is 1. The van der Waals surface area contributed by atoms with E-state index in [0.29, 0.717) is 5.41 Å². The van der Waals surface area contributed by atoms with Crippen molar-refractivity contribution in [2.75, 3.05) is 5.33 Å². The molecule has 0 saturated heterocycles. The highest BCUT2D eigenvalue weighted by Gasteiger charge is 2.32. The molecule has 0 radical (unpaired) electrons. The minimum atomic E-state index is 0.364. The van der Waals surface area contributed by atoms with Crippen LogP contribution in [-0.2, 0) is 5.41 Å². The van der Waals surface area contributed by atoms with Crippen LogP contribution in [0.15, 0.2) is 24.3 Å². The number of halogens is 2. The smallest absolute Gasteiger partial charge is 0.0406 e. The van der Waals surface area contributed by atoms with Gasteiger partial charge in [0.1, 0.15) is 0 Å². The first kappa shape index (κ1) is 11.5. The molecule has 0 heterocycles. The fourth-order valence-corrected chi connectivity index (χ4v) is 3.54. The van der Waals surface area contributed by atoms with E-state index >= 15 is 0 Å². The highest BCUT2D eigenvalue weighted by atomic mass is 79.9. The Morgan fingerprint density at radius 1 is 1.07 bits per heavy atom. The second kappa shape index (κ2) is 4.88. The van der Waals surface area contributed by atoms with Crippen molar-refractivity contribution in [1.29, 1.82) is 0 Å². The normalized spacial score (nSPS) is 20.1. The Balaban J connectivity index is 2.28. The quantitative estimate of drug-likeness (QED) is 0.676. The lowest BCUT2D eigenvalue weighted by Crippen LogP contribution is -2.30. The maximum atomic E-state index is 5.93. The predicted molar refractivity (Wildman–Crippen MR) is 70.0 cm³/mol. The molecule has 0 aromatic heterocycles. The van der Waals surface area contributed by atoms with E-state index in [0.717, 1.165) is 10.4 Å². The first-order valence-corrected chi connectivity index (χ1v) is 7.09. The van der Waals surface area contributed by atoms with Crippen LogP contribution < -0.4 is 0 Å². The Morgan fingerprint density at radius 2 is 1.67 bits per heavy atom. The molecule has 0 N–H and O–H groups in total. The van der Waals surface area contributed by atoms with E-state index in [9.17, 15) is 0 Å². The number of hydrogen-bond donors (Lipinski definition) is 0. The van der Waals surface area contributed by atoms with Gasteiger partial charge < -0.3 is 0 Å². The van der Waals surface area contributed by atoms with Crippen molar-refractivity contribution >= 4 is 27.5 Å². The molecule has 1 aromatic carbocycles. The van der Waals surface area contributed by atoms with Gasteiger partial charge in [-0.2, -0.15) is 0 Å². The summed E-state index contributed by atoms with van der Waals surface area (Å²) in [6.45, 7) is 0. The third-order valence-corrected chi connectivity index (χ3v) is 4.85. The summed E-state index contributed by atoms with van der Waals surface area (Å²) < 4.78 is 0. The standard InChI is InChI=1S/C13H16BrCl/c14-10-13(8-2-1-3-9-13)11-4-6-12(15)7-5-11/h4-7H,1-3,8-10H2. The average molecular weight is 288 g/mol. The lowest BCUT2D eigenvalue weighted by atomic mass is 9.71. The van der Waals surface area contributed by atoms with Gasteiger partial charge in [0.15, 0.2) is 0 Å². The van der Waals surface area contributed by atoms with Crippen molar-refractivity contribution in [3.8, 4) is 0 Å². The minimum absolute atomic E-state index is 0.364. The summed E-state index contributed by atoms with van der Waals surface area (Å²) in [5, 5.41) is 1.90. The van der Waals surface area contributed by atoms with Gasteiger partial charge >= 0.3 is 0 Å². The first-order valence-electron chi connectivity index (χ1n) is 5.59. The van der Waals surface area contributed by atoms with Gasteiger partial charge in [0.25, 0.3) is 0 Å². The molecule has 2 rings (SSSR count). The third kappa shape index (κ3) is 2.39. The Kier molecular flexibility index (Phi) is 3.73. The highest BCUT2D eigenvalue weighted by molar-refractivity contribution is 9.09. The molecule has 1 aliphatic carbocycles. The molecular weight excluding hydrogens is 272 g/mol. The van der Waals surface area contributed by atoms with Gasteiger partial charge in [-0.3, -0.25) is 0 Å². The summed E-state index contributed by atoms with van der Waals surface area (Å²) >= 11 is 9.62. The number of benzene rings is 1. The molecule has 0 unspecified atom stereocenters. The summed E-state index contributed by atoms with van der Waals surface area (Å²) in [6, 6.07) is 8.40. The third-order valence-electron chi connectivity index (χ3n) is 3.52. The largest absolute Gasteiger partial charge is 0.0918 e. The van der Waals surface area contributed by atoms with Crippen LogP contribution >= 0.6 is 27.5 Å². The van der Waals surface area contributed by atoms with Gasteiger partial charge in [-0.15, -0.1) is 0 Å². The number of hydrogen-bond acceptors (Lipinski definition) is 0. The van der Waals surface area contributed by atoms with Gasteiger partial charge in [-0.25, -0.2) is 0 Å². The molecule has 0 spiro atoms. The van der Waals surface area contributed by atoms with Gasteiger partial charge in [0.2, 0.25) is 0 Å². The molecule has 1 aromatic rings. The van der Waals surface area contributed by atoms with E-state index < -0.39 is 0 Å². The van der Waals surface area contributed by atoms with Crippen molar-refractivity contribution in [2.24, 2.45) is 0 Å². The molecule has 15 heavy (non-hydrogen) atoms. The van der Waals surface area contributed by atoms with E-state index in [-0.39, 0.29) is 0 Å². The first-order chi connectivity index (χ1) is 7.27. The van der Waals surface area contributed by atoms with Crippen LogP contribution in [0, 0.1) is 0 Å². The molecule has 0 amide bonds. The van der Waals surface area contributed by atoms with Crippen LogP contribution in [-0.4, -0.2) is 5.33 Å². The van der Waals surface area contributed by atoms with Gasteiger partial charge in [-0.05, 0) is 30.5 Å². The minimum Gasteiger partial charge on any atom is -0.0918 e. The zero-order valence-electron chi connectivity index (χ0n) is 8.81. The van der Waals surface area contributed by atoms with Crippen molar-refractivity contribution in [3.05, 3.63) is 34.9 Å². The Hall–Kier alpha value is -0.0100. The van der Waals surface area contributed by atoms with Crippen LogP contribution in [0.2, 0.25) is 5.02 Å². The van der Waals surface area contributed by atoms with E-state index in [1.54, 1.807) is 0 Å². The topological polar surface area (TPSA) is 0 Å². The van der Waals surface area contributed by atoms with Crippen LogP contribution in [0.25, 0.3) is 0 Å². The van der Waals surface area contributed by atoms with Crippen molar-refractivity contribution < 1.29 is 0 Å². The Morgan fingerprint density at radius 3 is 2.20 bits per heavy atom. The summed E-state index contributed by atoms with van der Waals surface area (Å²) in [6.07, 6.45) is 6.71. The Bertz CT molecular complexity index is 312.